The van der Waals surface area contributed by atoms with Crippen LogP contribution in [0.15, 0.2) is 40.4 Å². The number of piperazine rings is 1. The van der Waals surface area contributed by atoms with Gasteiger partial charge in [0.2, 0.25) is 0 Å². The van der Waals surface area contributed by atoms with Crippen LogP contribution in [-0.2, 0) is 11.8 Å². The Morgan fingerprint density at radius 3 is 2.51 bits per heavy atom. The number of allylic oxidation sites excluding steroid dienone is 2. The van der Waals surface area contributed by atoms with E-state index in [4.69, 9.17) is 0 Å². The van der Waals surface area contributed by atoms with E-state index in [-0.39, 0.29) is 11.2 Å². The van der Waals surface area contributed by atoms with Gasteiger partial charge in [-0.15, -0.1) is 0 Å². The number of nitriles is 1. The lowest BCUT2D eigenvalue weighted by atomic mass is 9.68. The van der Waals surface area contributed by atoms with Crippen LogP contribution in [0, 0.1) is 11.3 Å². The van der Waals surface area contributed by atoms with E-state index < -0.39 is 0 Å². The highest BCUT2D eigenvalue weighted by molar-refractivity contribution is 9.10. The largest absolute Gasteiger partial charge is 0.368 e. The molecule has 4 aliphatic rings. The molecule has 35 heavy (non-hydrogen) atoms. The van der Waals surface area contributed by atoms with E-state index in [1.165, 1.54) is 35.6 Å². The highest BCUT2D eigenvalue weighted by Crippen LogP contribution is 2.51. The summed E-state index contributed by atoms with van der Waals surface area (Å²) in [4.78, 5) is 19.0. The molecule has 2 aliphatic carbocycles. The molecule has 2 aromatic carbocycles. The molecule has 2 fully saturated rings. The number of nitrogens with zero attached hydrogens (tertiary/aromatic N) is 3. The first-order chi connectivity index (χ1) is 16.9. The summed E-state index contributed by atoms with van der Waals surface area (Å²) >= 11 is 5.92. The molecular weight excluding hydrogens is 518 g/mol. The van der Waals surface area contributed by atoms with Crippen LogP contribution >= 0.6 is 27.7 Å². The lowest BCUT2D eigenvalue weighted by Crippen LogP contribution is -2.51. The van der Waals surface area contributed by atoms with Crippen molar-refractivity contribution in [2.75, 3.05) is 42.6 Å². The number of anilines is 1. The summed E-state index contributed by atoms with van der Waals surface area (Å²) in [5, 5.41) is 9.36. The summed E-state index contributed by atoms with van der Waals surface area (Å²) in [6, 6.07) is 13.1. The minimum atomic E-state index is -0.249. The van der Waals surface area contributed by atoms with E-state index in [0.29, 0.717) is 5.56 Å². The van der Waals surface area contributed by atoms with Crippen LogP contribution in [0.3, 0.4) is 0 Å². The number of hydrogen-bond acceptors (Lipinski definition) is 5. The third-order valence-corrected chi connectivity index (χ3v) is 10.2. The molecular formula is C29H30BrN3OS. The molecule has 0 saturated carbocycles. The summed E-state index contributed by atoms with van der Waals surface area (Å²) in [7, 11) is 0. The van der Waals surface area contributed by atoms with E-state index >= 15 is 0 Å². The number of benzene rings is 2. The second-order valence-electron chi connectivity index (χ2n) is 10.7. The molecule has 180 valence electrons. The average molecular weight is 549 g/mol. The second kappa shape index (κ2) is 8.80. The SMILES string of the molecule is CC1(C)C2=C(C(=O)c3cc(Br)c(N4CCN(C5CCSCC5)CC4)cc31)c1ccc(C#N)cc1C2. The lowest BCUT2D eigenvalue weighted by Gasteiger charge is -2.42. The second-order valence-corrected chi connectivity index (χ2v) is 12.8. The molecule has 0 aromatic heterocycles. The van der Waals surface area contributed by atoms with Gasteiger partial charge in [-0.2, -0.15) is 17.0 Å². The van der Waals surface area contributed by atoms with Crippen LogP contribution in [0.25, 0.3) is 5.57 Å². The summed E-state index contributed by atoms with van der Waals surface area (Å²) in [5.74, 6) is 2.71. The number of fused-ring (bicyclic) bond motifs is 3. The van der Waals surface area contributed by atoms with Gasteiger partial charge in [-0.1, -0.05) is 19.9 Å². The Balaban J connectivity index is 1.31. The van der Waals surface area contributed by atoms with Crippen molar-refractivity contribution >= 4 is 44.7 Å². The maximum Gasteiger partial charge on any atom is 0.193 e. The van der Waals surface area contributed by atoms with Gasteiger partial charge in [0.25, 0.3) is 0 Å². The van der Waals surface area contributed by atoms with Crippen molar-refractivity contribution in [3.05, 3.63) is 68.2 Å². The van der Waals surface area contributed by atoms with E-state index in [2.05, 4.69) is 69.5 Å². The Hall–Kier alpha value is -2.07. The van der Waals surface area contributed by atoms with Gasteiger partial charge in [0.15, 0.2) is 5.78 Å². The third kappa shape index (κ3) is 3.79. The number of hydrogen-bond donors (Lipinski definition) is 0. The Morgan fingerprint density at radius 2 is 1.80 bits per heavy atom. The topological polar surface area (TPSA) is 47.3 Å². The van der Waals surface area contributed by atoms with Crippen molar-refractivity contribution in [2.24, 2.45) is 0 Å². The van der Waals surface area contributed by atoms with Crippen molar-refractivity contribution in [2.45, 2.75) is 44.6 Å². The Morgan fingerprint density at radius 1 is 1.06 bits per heavy atom. The molecule has 0 radical (unpaired) electrons. The quantitative estimate of drug-likeness (QED) is 0.473. The molecule has 2 heterocycles. The first-order valence-corrected chi connectivity index (χ1v) is 14.6. The number of thioether (sulfide) groups is 1. The van der Waals surface area contributed by atoms with Gasteiger partial charge in [0.05, 0.1) is 17.3 Å². The summed E-state index contributed by atoms with van der Waals surface area (Å²) < 4.78 is 1.00. The van der Waals surface area contributed by atoms with Gasteiger partial charge >= 0.3 is 0 Å². The van der Waals surface area contributed by atoms with Gasteiger partial charge in [-0.3, -0.25) is 9.69 Å². The smallest absolute Gasteiger partial charge is 0.193 e. The van der Waals surface area contributed by atoms with Crippen molar-refractivity contribution in [3.8, 4) is 6.07 Å². The van der Waals surface area contributed by atoms with Gasteiger partial charge in [0.1, 0.15) is 0 Å². The molecule has 0 spiro atoms. The third-order valence-electron chi connectivity index (χ3n) is 8.52. The highest BCUT2D eigenvalue weighted by atomic mass is 79.9. The van der Waals surface area contributed by atoms with Crippen LogP contribution in [0.5, 0.6) is 0 Å². The maximum atomic E-state index is 13.8. The minimum Gasteiger partial charge on any atom is -0.368 e. The summed E-state index contributed by atoms with van der Waals surface area (Å²) in [6.07, 6.45) is 3.38. The molecule has 0 unspecified atom stereocenters. The Bertz CT molecular complexity index is 1290. The normalized spacial score (nSPS) is 22.0. The standard InChI is InChI=1S/C29H30BrN3OS/c1-29(2)23-16-26(33-9-7-32(8-10-33)20-5-11-35-12-6-20)25(30)15-22(23)28(34)27-21-4-3-18(17-31)13-19(21)14-24(27)29/h3-4,13,15-16,20H,5-12,14H2,1-2H3. The molecule has 2 saturated heterocycles. The lowest BCUT2D eigenvalue weighted by molar-refractivity contribution is 0.105. The number of carbonyl (C=O) groups is 1. The van der Waals surface area contributed by atoms with E-state index in [9.17, 15) is 10.1 Å². The van der Waals surface area contributed by atoms with Gasteiger partial charge in [0, 0.05) is 53.2 Å². The summed E-state index contributed by atoms with van der Waals surface area (Å²) in [6.45, 7) is 8.75. The number of carbonyl (C=O) groups excluding carboxylic acids is 1. The van der Waals surface area contributed by atoms with Gasteiger partial charge in [-0.25, -0.2) is 0 Å². The van der Waals surface area contributed by atoms with E-state index in [1.54, 1.807) is 0 Å². The fourth-order valence-corrected chi connectivity index (χ4v) is 8.15. The number of ketones is 1. The number of Topliss-reactive ketones (excluding diaryl/α,β-unsaturated/α-hetero) is 1. The van der Waals surface area contributed by atoms with E-state index in [0.717, 1.165) is 70.9 Å². The molecule has 2 aromatic rings. The first-order valence-electron chi connectivity index (χ1n) is 12.6. The van der Waals surface area contributed by atoms with Crippen LogP contribution in [0.1, 0.15) is 59.3 Å². The number of rotatable bonds is 2. The van der Waals surface area contributed by atoms with Crippen LogP contribution in [-0.4, -0.2) is 54.4 Å². The maximum absolute atomic E-state index is 13.8. The zero-order valence-electron chi connectivity index (χ0n) is 20.4. The van der Waals surface area contributed by atoms with E-state index in [1.807, 2.05) is 18.2 Å². The predicted molar refractivity (Wildman–Crippen MR) is 147 cm³/mol. The molecule has 0 bridgehead atoms. The fourth-order valence-electron chi connectivity index (χ4n) is 6.47. The minimum absolute atomic E-state index is 0.116. The van der Waals surface area contributed by atoms with Crippen LogP contribution in [0.2, 0.25) is 0 Å². The molecule has 0 amide bonds. The molecule has 0 atom stereocenters. The molecule has 4 nitrogen and oxygen atoms in total. The van der Waals surface area contributed by atoms with Crippen LogP contribution in [0.4, 0.5) is 5.69 Å². The van der Waals surface area contributed by atoms with Crippen molar-refractivity contribution in [1.29, 1.82) is 5.26 Å². The molecule has 6 heteroatoms. The van der Waals surface area contributed by atoms with Crippen LogP contribution < -0.4 is 4.90 Å². The molecule has 2 aliphatic heterocycles. The number of halogens is 1. The first kappa shape index (κ1) is 23.3. The van der Waals surface area contributed by atoms with Gasteiger partial charge in [-0.05, 0) is 93.2 Å². The van der Waals surface area contributed by atoms with Crippen molar-refractivity contribution in [1.82, 2.24) is 4.90 Å². The summed E-state index contributed by atoms with van der Waals surface area (Å²) in [5.41, 5.74) is 7.67. The monoisotopic (exact) mass is 547 g/mol. The Labute approximate surface area is 220 Å². The predicted octanol–water partition coefficient (Wildman–Crippen LogP) is 5.82. The van der Waals surface area contributed by atoms with Crippen molar-refractivity contribution < 1.29 is 4.79 Å². The highest BCUT2D eigenvalue weighted by Gasteiger charge is 2.43. The molecule has 6 rings (SSSR count). The zero-order valence-corrected chi connectivity index (χ0v) is 22.8. The molecule has 0 N–H and O–H groups in total. The van der Waals surface area contributed by atoms with Crippen molar-refractivity contribution in [3.63, 3.8) is 0 Å². The Kier molecular flexibility index (Phi) is 5.86. The fraction of sp³-hybridized carbons (Fsp3) is 0.448. The average Bonchev–Trinajstić information content (AvgIpc) is 3.28. The van der Waals surface area contributed by atoms with Gasteiger partial charge < -0.3 is 4.90 Å². The zero-order chi connectivity index (χ0) is 24.3.